The van der Waals surface area contributed by atoms with Crippen LogP contribution in [0.15, 0.2) is 47.6 Å². The van der Waals surface area contributed by atoms with Crippen LogP contribution in [-0.2, 0) is 13.1 Å². The van der Waals surface area contributed by atoms with Gasteiger partial charge in [-0.1, -0.05) is 18.2 Å². The molecule has 0 saturated heterocycles. The number of nitrogens with one attached hydrogen (secondary N) is 1. The molecule has 1 aromatic heterocycles. The Balaban J connectivity index is 0.00000288. The quantitative estimate of drug-likeness (QED) is 0.438. The zero-order chi connectivity index (χ0) is 16.7. The highest BCUT2D eigenvalue weighted by atomic mass is 127. The second-order valence-corrected chi connectivity index (χ2v) is 5.09. The van der Waals surface area contributed by atoms with Gasteiger partial charge in [0.05, 0.1) is 7.11 Å². The van der Waals surface area contributed by atoms with Crippen molar-refractivity contribution in [2.75, 3.05) is 21.2 Å². The number of hydrogen-bond acceptors (Lipinski definition) is 3. The SMILES string of the molecule is CN=C(NCc1ccc(OC)nc1)N(C)Cc1ccc(F)cc1.I. The van der Waals surface area contributed by atoms with Crippen LogP contribution >= 0.6 is 24.0 Å². The highest BCUT2D eigenvalue weighted by molar-refractivity contribution is 14.0. The number of pyridine rings is 1. The van der Waals surface area contributed by atoms with Crippen molar-refractivity contribution in [2.45, 2.75) is 13.1 Å². The Labute approximate surface area is 159 Å². The minimum Gasteiger partial charge on any atom is -0.481 e. The van der Waals surface area contributed by atoms with E-state index in [1.165, 1.54) is 12.1 Å². The van der Waals surface area contributed by atoms with E-state index in [1.807, 2.05) is 24.1 Å². The summed E-state index contributed by atoms with van der Waals surface area (Å²) in [7, 11) is 5.26. The minimum atomic E-state index is -0.231. The van der Waals surface area contributed by atoms with Crippen molar-refractivity contribution < 1.29 is 9.13 Å². The second-order valence-electron chi connectivity index (χ2n) is 5.09. The number of halogens is 2. The first-order valence-electron chi connectivity index (χ1n) is 7.27. The smallest absolute Gasteiger partial charge is 0.212 e. The molecule has 1 heterocycles. The molecule has 7 heteroatoms. The summed E-state index contributed by atoms with van der Waals surface area (Å²) in [6.07, 6.45) is 1.76. The topological polar surface area (TPSA) is 49.8 Å². The number of aliphatic imine (C=N–C) groups is 1. The van der Waals surface area contributed by atoms with E-state index in [9.17, 15) is 4.39 Å². The average molecular weight is 444 g/mol. The van der Waals surface area contributed by atoms with Gasteiger partial charge in [0.15, 0.2) is 5.96 Å². The number of aromatic nitrogens is 1. The lowest BCUT2D eigenvalue weighted by Gasteiger charge is -2.22. The molecular formula is C17H22FIN4O. The van der Waals surface area contributed by atoms with Crippen molar-refractivity contribution in [3.8, 4) is 5.88 Å². The molecule has 130 valence electrons. The summed E-state index contributed by atoms with van der Waals surface area (Å²) in [4.78, 5) is 10.4. The Kier molecular flexibility index (Phi) is 8.45. The van der Waals surface area contributed by atoms with E-state index in [0.717, 1.165) is 17.1 Å². The maximum absolute atomic E-state index is 12.9. The highest BCUT2D eigenvalue weighted by Gasteiger charge is 2.07. The molecule has 0 radical (unpaired) electrons. The Bertz CT molecular complexity index is 647. The normalized spacial score (nSPS) is 10.8. The molecule has 0 unspecified atom stereocenters. The molecule has 0 spiro atoms. The summed E-state index contributed by atoms with van der Waals surface area (Å²) < 4.78 is 18.0. The van der Waals surface area contributed by atoms with Gasteiger partial charge < -0.3 is 15.0 Å². The van der Waals surface area contributed by atoms with E-state index in [2.05, 4.69) is 15.3 Å². The Morgan fingerprint density at radius 1 is 1.21 bits per heavy atom. The molecule has 0 fully saturated rings. The van der Waals surface area contributed by atoms with Crippen LogP contribution in [0.4, 0.5) is 4.39 Å². The minimum absolute atomic E-state index is 0. The Morgan fingerprint density at radius 2 is 1.88 bits per heavy atom. The summed E-state index contributed by atoms with van der Waals surface area (Å²) in [5.41, 5.74) is 2.05. The van der Waals surface area contributed by atoms with E-state index >= 15 is 0 Å². The molecule has 0 amide bonds. The van der Waals surface area contributed by atoms with Crippen LogP contribution in [0.3, 0.4) is 0 Å². The van der Waals surface area contributed by atoms with Crippen molar-refractivity contribution in [3.63, 3.8) is 0 Å². The Morgan fingerprint density at radius 3 is 2.42 bits per heavy atom. The summed E-state index contributed by atoms with van der Waals surface area (Å²) in [5.74, 6) is 1.11. The zero-order valence-electron chi connectivity index (χ0n) is 14.0. The van der Waals surface area contributed by atoms with E-state index in [4.69, 9.17) is 4.74 Å². The van der Waals surface area contributed by atoms with Gasteiger partial charge in [0, 0.05) is 39.4 Å². The molecule has 0 bridgehead atoms. The van der Waals surface area contributed by atoms with E-state index in [1.54, 1.807) is 32.5 Å². The van der Waals surface area contributed by atoms with Crippen molar-refractivity contribution >= 4 is 29.9 Å². The van der Waals surface area contributed by atoms with Crippen molar-refractivity contribution in [2.24, 2.45) is 4.99 Å². The van der Waals surface area contributed by atoms with E-state index in [0.29, 0.717) is 19.0 Å². The third-order valence-electron chi connectivity index (χ3n) is 3.36. The van der Waals surface area contributed by atoms with E-state index in [-0.39, 0.29) is 29.8 Å². The monoisotopic (exact) mass is 444 g/mol. The number of guanidine groups is 1. The molecule has 5 nitrogen and oxygen atoms in total. The number of rotatable bonds is 5. The van der Waals surface area contributed by atoms with Gasteiger partial charge in [0.25, 0.3) is 0 Å². The zero-order valence-corrected chi connectivity index (χ0v) is 16.3. The average Bonchev–Trinajstić information content (AvgIpc) is 2.58. The van der Waals surface area contributed by atoms with Gasteiger partial charge in [0.2, 0.25) is 5.88 Å². The van der Waals surface area contributed by atoms with Crippen molar-refractivity contribution in [1.29, 1.82) is 0 Å². The highest BCUT2D eigenvalue weighted by Crippen LogP contribution is 2.08. The molecule has 0 aliphatic rings. The largest absolute Gasteiger partial charge is 0.481 e. The molecule has 0 saturated carbocycles. The third kappa shape index (κ3) is 5.95. The Hall–Kier alpha value is -1.90. The third-order valence-corrected chi connectivity index (χ3v) is 3.36. The lowest BCUT2D eigenvalue weighted by atomic mass is 10.2. The first kappa shape index (κ1) is 20.1. The summed E-state index contributed by atoms with van der Waals surface area (Å²) in [5, 5.41) is 3.28. The van der Waals surface area contributed by atoms with Crippen molar-refractivity contribution in [1.82, 2.24) is 15.2 Å². The van der Waals surface area contributed by atoms with Gasteiger partial charge >= 0.3 is 0 Å². The fraction of sp³-hybridized carbons (Fsp3) is 0.294. The summed E-state index contributed by atoms with van der Waals surface area (Å²) >= 11 is 0. The van der Waals surface area contributed by atoms with Crippen LogP contribution in [0.25, 0.3) is 0 Å². The lowest BCUT2D eigenvalue weighted by molar-refractivity contribution is 0.397. The maximum atomic E-state index is 12.9. The molecule has 2 rings (SSSR count). The van der Waals surface area contributed by atoms with Gasteiger partial charge in [-0.15, -0.1) is 24.0 Å². The fourth-order valence-electron chi connectivity index (χ4n) is 2.14. The van der Waals surface area contributed by atoms with Gasteiger partial charge in [0.1, 0.15) is 5.82 Å². The predicted octanol–water partition coefficient (Wildman–Crippen LogP) is 3.05. The number of ether oxygens (including phenoxy) is 1. The van der Waals surface area contributed by atoms with Crippen LogP contribution in [0, 0.1) is 5.82 Å². The molecule has 1 aromatic carbocycles. The molecule has 0 aliphatic heterocycles. The predicted molar refractivity (Wildman–Crippen MR) is 104 cm³/mol. The van der Waals surface area contributed by atoms with Gasteiger partial charge in [-0.2, -0.15) is 0 Å². The van der Waals surface area contributed by atoms with Crippen LogP contribution < -0.4 is 10.1 Å². The van der Waals surface area contributed by atoms with Gasteiger partial charge in [-0.25, -0.2) is 9.37 Å². The first-order valence-corrected chi connectivity index (χ1v) is 7.27. The van der Waals surface area contributed by atoms with Crippen LogP contribution in [0.5, 0.6) is 5.88 Å². The standard InChI is InChI=1S/C17H21FN4O.HI/c1-19-17(21-11-14-6-9-16(23-3)20-10-14)22(2)12-13-4-7-15(18)8-5-13;/h4-10H,11-12H2,1-3H3,(H,19,21);1H. The maximum Gasteiger partial charge on any atom is 0.212 e. The fourth-order valence-corrected chi connectivity index (χ4v) is 2.14. The lowest BCUT2D eigenvalue weighted by Crippen LogP contribution is -2.38. The number of benzene rings is 1. The van der Waals surface area contributed by atoms with Crippen molar-refractivity contribution in [3.05, 3.63) is 59.5 Å². The van der Waals surface area contributed by atoms with E-state index < -0.39 is 0 Å². The number of methoxy groups -OCH3 is 1. The summed E-state index contributed by atoms with van der Waals surface area (Å²) in [6.45, 7) is 1.25. The molecular weight excluding hydrogens is 422 g/mol. The molecule has 24 heavy (non-hydrogen) atoms. The first-order chi connectivity index (χ1) is 11.1. The van der Waals surface area contributed by atoms with Crippen LogP contribution in [0.2, 0.25) is 0 Å². The summed E-state index contributed by atoms with van der Waals surface area (Å²) in [6, 6.07) is 10.2. The van der Waals surface area contributed by atoms with Gasteiger partial charge in [-0.05, 0) is 23.3 Å². The molecule has 2 aromatic rings. The number of nitrogens with zero attached hydrogens (tertiary/aromatic N) is 3. The van der Waals surface area contributed by atoms with Gasteiger partial charge in [-0.3, -0.25) is 4.99 Å². The molecule has 0 atom stereocenters. The number of hydrogen-bond donors (Lipinski definition) is 1. The van der Waals surface area contributed by atoms with Crippen LogP contribution in [-0.4, -0.2) is 37.0 Å². The van der Waals surface area contributed by atoms with Crippen LogP contribution in [0.1, 0.15) is 11.1 Å². The second kappa shape index (κ2) is 10.1. The molecule has 1 N–H and O–H groups in total. The molecule has 0 aliphatic carbocycles.